The van der Waals surface area contributed by atoms with Gasteiger partial charge in [-0.25, -0.2) is 5.43 Å². The van der Waals surface area contributed by atoms with Crippen molar-refractivity contribution in [2.45, 2.75) is 13.3 Å². The summed E-state index contributed by atoms with van der Waals surface area (Å²) in [5, 5.41) is 8.13. The quantitative estimate of drug-likeness (QED) is 0.356. The summed E-state index contributed by atoms with van der Waals surface area (Å²) < 4.78 is 5.42. The molecule has 0 bridgehead atoms. The number of ether oxygens (including phenoxy) is 1. The SMILES string of the molecule is C/C(=N/NC(=O)Cc1ccc(Cl)cc1)c1ccc(NC(=O)COc2ccc(Cl)cc2)cc1. The van der Waals surface area contributed by atoms with Crippen LogP contribution >= 0.6 is 23.2 Å². The molecule has 8 heteroatoms. The van der Waals surface area contributed by atoms with E-state index in [-0.39, 0.29) is 24.8 Å². The zero-order valence-corrected chi connectivity index (χ0v) is 18.8. The minimum Gasteiger partial charge on any atom is -0.484 e. The van der Waals surface area contributed by atoms with Crippen LogP contribution < -0.4 is 15.5 Å². The van der Waals surface area contributed by atoms with Gasteiger partial charge >= 0.3 is 0 Å². The third kappa shape index (κ3) is 7.41. The summed E-state index contributed by atoms with van der Waals surface area (Å²) in [6, 6.07) is 21.0. The molecule has 0 heterocycles. The second kappa shape index (κ2) is 11.3. The molecule has 0 aliphatic heterocycles. The summed E-state index contributed by atoms with van der Waals surface area (Å²) in [5.41, 5.74) is 5.47. The van der Waals surface area contributed by atoms with E-state index < -0.39 is 0 Å². The van der Waals surface area contributed by atoms with Crippen molar-refractivity contribution < 1.29 is 14.3 Å². The first-order chi connectivity index (χ1) is 15.4. The maximum Gasteiger partial charge on any atom is 0.262 e. The molecule has 2 N–H and O–H groups in total. The van der Waals surface area contributed by atoms with E-state index in [9.17, 15) is 9.59 Å². The van der Waals surface area contributed by atoms with Gasteiger partial charge in [0.1, 0.15) is 5.75 Å². The van der Waals surface area contributed by atoms with Gasteiger partial charge in [0.2, 0.25) is 5.91 Å². The number of nitrogens with zero attached hydrogens (tertiary/aromatic N) is 1. The first-order valence-corrected chi connectivity index (χ1v) is 10.5. The molecule has 0 spiro atoms. The average Bonchev–Trinajstić information content (AvgIpc) is 2.79. The Morgan fingerprint density at radius 1 is 0.844 bits per heavy atom. The summed E-state index contributed by atoms with van der Waals surface area (Å²) in [6.07, 6.45) is 0.205. The third-order valence-corrected chi connectivity index (χ3v) is 4.90. The van der Waals surface area contributed by atoms with Crippen LogP contribution in [-0.2, 0) is 16.0 Å². The molecule has 0 aliphatic carbocycles. The Morgan fingerprint density at radius 2 is 1.44 bits per heavy atom. The number of hydrogen-bond donors (Lipinski definition) is 2. The second-order valence-electron chi connectivity index (χ2n) is 6.90. The molecule has 3 aromatic carbocycles. The predicted octanol–water partition coefficient (Wildman–Crippen LogP) is 5.09. The molecule has 0 radical (unpaired) electrons. The minimum atomic E-state index is -0.285. The van der Waals surface area contributed by atoms with Gasteiger partial charge in [0, 0.05) is 15.7 Å². The molecule has 2 amide bonds. The highest BCUT2D eigenvalue weighted by atomic mass is 35.5. The van der Waals surface area contributed by atoms with Gasteiger partial charge in [-0.3, -0.25) is 9.59 Å². The van der Waals surface area contributed by atoms with Crippen LogP contribution in [0.1, 0.15) is 18.1 Å². The van der Waals surface area contributed by atoms with Gasteiger partial charge in [0.15, 0.2) is 6.61 Å². The molecule has 32 heavy (non-hydrogen) atoms. The molecule has 3 rings (SSSR count). The number of nitrogens with one attached hydrogen (secondary N) is 2. The van der Waals surface area contributed by atoms with Crippen molar-refractivity contribution in [2.24, 2.45) is 5.10 Å². The Balaban J connectivity index is 1.48. The number of benzene rings is 3. The van der Waals surface area contributed by atoms with E-state index in [1.54, 1.807) is 79.7 Å². The molecule has 3 aromatic rings. The van der Waals surface area contributed by atoms with Crippen LogP contribution in [0, 0.1) is 0 Å². The number of halogens is 2. The lowest BCUT2D eigenvalue weighted by Gasteiger charge is -2.08. The molecule has 0 saturated carbocycles. The van der Waals surface area contributed by atoms with Crippen molar-refractivity contribution in [1.82, 2.24) is 5.43 Å². The summed E-state index contributed by atoms with van der Waals surface area (Å²) in [7, 11) is 0. The van der Waals surface area contributed by atoms with Crippen LogP contribution in [-0.4, -0.2) is 24.1 Å². The third-order valence-electron chi connectivity index (χ3n) is 4.40. The number of hydrazone groups is 1. The summed E-state index contributed by atoms with van der Waals surface area (Å²) in [5.74, 6) is 0.0497. The fourth-order valence-corrected chi connectivity index (χ4v) is 2.96. The van der Waals surface area contributed by atoms with Crippen molar-refractivity contribution in [3.05, 3.63) is 94.0 Å². The summed E-state index contributed by atoms with van der Waals surface area (Å²) >= 11 is 11.7. The molecule has 0 saturated heterocycles. The highest BCUT2D eigenvalue weighted by Crippen LogP contribution is 2.16. The van der Waals surface area contributed by atoms with E-state index in [0.717, 1.165) is 11.1 Å². The Hall–Kier alpha value is -3.35. The molecule has 0 unspecified atom stereocenters. The summed E-state index contributed by atoms with van der Waals surface area (Å²) in [4.78, 5) is 24.1. The van der Waals surface area contributed by atoms with Crippen LogP contribution in [0.25, 0.3) is 0 Å². The monoisotopic (exact) mass is 469 g/mol. The van der Waals surface area contributed by atoms with Crippen LogP contribution in [0.4, 0.5) is 5.69 Å². The largest absolute Gasteiger partial charge is 0.484 e. The van der Waals surface area contributed by atoms with E-state index in [2.05, 4.69) is 15.8 Å². The van der Waals surface area contributed by atoms with Crippen molar-refractivity contribution in [3.63, 3.8) is 0 Å². The molecular weight excluding hydrogens is 449 g/mol. The van der Waals surface area contributed by atoms with Gasteiger partial charge in [-0.1, -0.05) is 47.5 Å². The standard InChI is InChI=1S/C24H21Cl2N3O3/c1-16(28-29-23(30)14-17-2-6-19(25)7-3-17)18-4-10-21(11-5-18)27-24(31)15-32-22-12-8-20(26)9-13-22/h2-13H,14-15H2,1H3,(H,27,31)(H,29,30)/b28-16-. The first-order valence-electron chi connectivity index (χ1n) is 9.75. The zero-order valence-electron chi connectivity index (χ0n) is 17.3. The fourth-order valence-electron chi connectivity index (χ4n) is 2.71. The lowest BCUT2D eigenvalue weighted by Crippen LogP contribution is -2.21. The van der Waals surface area contributed by atoms with Crippen LogP contribution in [0.5, 0.6) is 5.75 Å². The number of anilines is 1. The Bertz CT molecular complexity index is 1100. The van der Waals surface area contributed by atoms with Gasteiger partial charge in [-0.2, -0.15) is 5.10 Å². The van der Waals surface area contributed by atoms with Gasteiger partial charge in [-0.05, 0) is 66.6 Å². The van der Waals surface area contributed by atoms with E-state index >= 15 is 0 Å². The van der Waals surface area contributed by atoms with E-state index in [1.165, 1.54) is 0 Å². The summed E-state index contributed by atoms with van der Waals surface area (Å²) in [6.45, 7) is 1.67. The lowest BCUT2D eigenvalue weighted by molar-refractivity contribution is -0.120. The van der Waals surface area contributed by atoms with Crippen molar-refractivity contribution in [1.29, 1.82) is 0 Å². The van der Waals surface area contributed by atoms with Gasteiger partial charge in [0.25, 0.3) is 5.91 Å². The maximum absolute atomic E-state index is 12.1. The number of hydrogen-bond acceptors (Lipinski definition) is 4. The van der Waals surface area contributed by atoms with E-state index in [4.69, 9.17) is 27.9 Å². The molecule has 0 aromatic heterocycles. The Kier molecular flexibility index (Phi) is 8.25. The normalized spacial score (nSPS) is 11.0. The molecule has 0 atom stereocenters. The minimum absolute atomic E-state index is 0.122. The first kappa shape index (κ1) is 23.3. The number of rotatable bonds is 8. The van der Waals surface area contributed by atoms with E-state index in [1.807, 2.05) is 0 Å². The predicted molar refractivity (Wildman–Crippen MR) is 128 cm³/mol. The van der Waals surface area contributed by atoms with Gasteiger partial charge in [0.05, 0.1) is 12.1 Å². The smallest absolute Gasteiger partial charge is 0.262 e. The highest BCUT2D eigenvalue weighted by Gasteiger charge is 2.06. The number of carbonyl (C=O) groups is 2. The number of amides is 2. The molecule has 164 valence electrons. The van der Waals surface area contributed by atoms with Crippen molar-refractivity contribution in [3.8, 4) is 5.75 Å². The van der Waals surface area contributed by atoms with Crippen LogP contribution in [0.3, 0.4) is 0 Å². The Labute approximate surface area is 196 Å². The van der Waals surface area contributed by atoms with Crippen molar-refractivity contribution in [2.75, 3.05) is 11.9 Å². The van der Waals surface area contributed by atoms with Crippen LogP contribution in [0.15, 0.2) is 77.9 Å². The average molecular weight is 470 g/mol. The molecule has 0 aliphatic rings. The fraction of sp³-hybridized carbons (Fsp3) is 0.125. The molecule has 6 nitrogen and oxygen atoms in total. The van der Waals surface area contributed by atoms with E-state index in [0.29, 0.717) is 27.2 Å². The van der Waals surface area contributed by atoms with Gasteiger partial charge in [-0.15, -0.1) is 0 Å². The maximum atomic E-state index is 12.1. The second-order valence-corrected chi connectivity index (χ2v) is 7.78. The van der Waals surface area contributed by atoms with Gasteiger partial charge < -0.3 is 10.1 Å². The highest BCUT2D eigenvalue weighted by molar-refractivity contribution is 6.30. The lowest BCUT2D eigenvalue weighted by atomic mass is 10.1. The molecular formula is C24H21Cl2N3O3. The zero-order chi connectivity index (χ0) is 22.9. The van der Waals surface area contributed by atoms with Crippen molar-refractivity contribution >= 4 is 46.4 Å². The topological polar surface area (TPSA) is 79.8 Å². The number of carbonyl (C=O) groups excluding carboxylic acids is 2. The van der Waals surface area contributed by atoms with Crippen LogP contribution in [0.2, 0.25) is 10.0 Å². The Morgan fingerprint density at radius 3 is 2.06 bits per heavy atom. The molecule has 0 fully saturated rings.